The summed E-state index contributed by atoms with van der Waals surface area (Å²) in [5, 5.41) is 13.8. The Hall–Kier alpha value is -3.92. The highest BCUT2D eigenvalue weighted by Crippen LogP contribution is 2.34. The number of anilines is 2. The summed E-state index contributed by atoms with van der Waals surface area (Å²) in [6.45, 7) is 1.93. The zero-order valence-electron chi connectivity index (χ0n) is 18.6. The molecule has 10 heteroatoms. The van der Waals surface area contributed by atoms with Crippen LogP contribution in [0.4, 0.5) is 17.1 Å². The highest BCUT2D eigenvalue weighted by atomic mass is 32.2. The first kappa shape index (κ1) is 23.2. The van der Waals surface area contributed by atoms with Crippen molar-refractivity contribution in [3.63, 3.8) is 0 Å². The molecule has 1 N–H and O–H groups in total. The van der Waals surface area contributed by atoms with Gasteiger partial charge in [-0.15, -0.1) is 0 Å². The molecule has 34 heavy (non-hydrogen) atoms. The van der Waals surface area contributed by atoms with Crippen LogP contribution in [0.15, 0.2) is 65.6 Å². The number of benzene rings is 3. The zero-order chi connectivity index (χ0) is 24.5. The fourth-order valence-electron chi connectivity index (χ4n) is 3.97. The third-order valence-corrected chi connectivity index (χ3v) is 7.54. The number of nitrogens with zero attached hydrogens (tertiary/aromatic N) is 2. The lowest BCUT2D eigenvalue weighted by Crippen LogP contribution is -2.35. The number of rotatable bonds is 6. The maximum Gasteiger partial charge on any atom is 0.272 e. The number of nitrogens with one attached hydrogen (secondary N) is 1. The lowest BCUT2D eigenvalue weighted by Gasteiger charge is -2.31. The Morgan fingerprint density at radius 2 is 1.82 bits per heavy atom. The van der Waals surface area contributed by atoms with Gasteiger partial charge in [-0.2, -0.15) is 0 Å². The van der Waals surface area contributed by atoms with Crippen LogP contribution >= 0.6 is 0 Å². The quantitative estimate of drug-likeness (QED) is 0.414. The van der Waals surface area contributed by atoms with E-state index in [0.29, 0.717) is 47.6 Å². The van der Waals surface area contributed by atoms with Crippen LogP contribution in [0.25, 0.3) is 0 Å². The van der Waals surface area contributed by atoms with Gasteiger partial charge in [0.05, 0.1) is 22.6 Å². The van der Waals surface area contributed by atoms with Gasteiger partial charge in [0.15, 0.2) is 0 Å². The van der Waals surface area contributed by atoms with E-state index in [4.69, 9.17) is 4.74 Å². The lowest BCUT2D eigenvalue weighted by molar-refractivity contribution is -0.385. The van der Waals surface area contributed by atoms with E-state index in [0.717, 1.165) is 5.56 Å². The first-order chi connectivity index (χ1) is 16.2. The standard InChI is InChI=1S/C24H23N3O6S/c1-16-14-18(5-11-22(16)27(29)30)24(28)25-19-6-12-23-17(15-19)4-3-13-26(23)34(31,32)21-9-7-20(33-2)8-10-21/h5-12,14-15H,3-4,13H2,1-2H3,(H,25,28). The molecule has 0 aromatic heterocycles. The van der Waals surface area contributed by atoms with Crippen molar-refractivity contribution in [1.29, 1.82) is 0 Å². The van der Waals surface area contributed by atoms with Crippen molar-refractivity contribution in [3.05, 3.63) is 87.5 Å². The van der Waals surface area contributed by atoms with Crippen LogP contribution in [-0.4, -0.2) is 32.9 Å². The van der Waals surface area contributed by atoms with Crippen LogP contribution in [0.5, 0.6) is 5.75 Å². The third kappa shape index (κ3) is 4.44. The summed E-state index contributed by atoms with van der Waals surface area (Å²) in [7, 11) is -2.24. The second kappa shape index (κ2) is 9.14. The molecule has 0 bridgehead atoms. The van der Waals surface area contributed by atoms with Gasteiger partial charge in [-0.25, -0.2) is 8.42 Å². The molecular weight excluding hydrogens is 458 g/mol. The van der Waals surface area contributed by atoms with Gasteiger partial charge >= 0.3 is 0 Å². The van der Waals surface area contributed by atoms with Gasteiger partial charge in [0.2, 0.25) is 0 Å². The van der Waals surface area contributed by atoms with Crippen LogP contribution in [0.1, 0.15) is 27.9 Å². The van der Waals surface area contributed by atoms with E-state index < -0.39 is 20.9 Å². The smallest absolute Gasteiger partial charge is 0.272 e. The van der Waals surface area contributed by atoms with Crippen molar-refractivity contribution >= 4 is 33.0 Å². The SMILES string of the molecule is COc1ccc(S(=O)(=O)N2CCCc3cc(NC(=O)c4ccc([N+](=O)[O-])c(C)c4)ccc32)cc1. The van der Waals surface area contributed by atoms with Crippen LogP contribution in [-0.2, 0) is 16.4 Å². The van der Waals surface area contributed by atoms with Crippen molar-refractivity contribution in [2.75, 3.05) is 23.3 Å². The Labute approximate surface area is 197 Å². The number of nitro benzene ring substituents is 1. The van der Waals surface area contributed by atoms with Crippen molar-refractivity contribution in [2.45, 2.75) is 24.7 Å². The zero-order valence-corrected chi connectivity index (χ0v) is 19.5. The molecule has 0 atom stereocenters. The molecule has 1 heterocycles. The van der Waals surface area contributed by atoms with E-state index in [1.807, 2.05) is 0 Å². The van der Waals surface area contributed by atoms with E-state index in [-0.39, 0.29) is 10.6 Å². The van der Waals surface area contributed by atoms with Crippen LogP contribution < -0.4 is 14.4 Å². The highest BCUT2D eigenvalue weighted by Gasteiger charge is 2.29. The number of carbonyl (C=O) groups excluding carboxylic acids is 1. The predicted molar refractivity (Wildman–Crippen MR) is 128 cm³/mol. The molecule has 0 saturated carbocycles. The molecule has 3 aromatic rings. The molecule has 1 aliphatic heterocycles. The molecule has 0 spiro atoms. The predicted octanol–water partition coefficient (Wildman–Crippen LogP) is 4.31. The maximum atomic E-state index is 13.3. The number of carbonyl (C=O) groups is 1. The third-order valence-electron chi connectivity index (χ3n) is 5.72. The van der Waals surface area contributed by atoms with Gasteiger partial charge in [-0.3, -0.25) is 19.2 Å². The molecule has 0 unspecified atom stereocenters. The van der Waals surface area contributed by atoms with Crippen molar-refractivity contribution in [1.82, 2.24) is 0 Å². The number of methoxy groups -OCH3 is 1. The Kier molecular flexibility index (Phi) is 6.25. The Bertz CT molecular complexity index is 1370. The molecule has 3 aromatic carbocycles. The van der Waals surface area contributed by atoms with Gasteiger partial charge in [0, 0.05) is 29.4 Å². The molecule has 0 radical (unpaired) electrons. The van der Waals surface area contributed by atoms with Crippen molar-refractivity contribution in [2.24, 2.45) is 0 Å². The molecule has 176 valence electrons. The summed E-state index contributed by atoms with van der Waals surface area (Å²) in [6, 6.07) is 15.5. The fraction of sp³-hybridized carbons (Fsp3) is 0.208. The number of fused-ring (bicyclic) bond motifs is 1. The molecule has 0 fully saturated rings. The largest absolute Gasteiger partial charge is 0.497 e. The average molecular weight is 482 g/mol. The minimum Gasteiger partial charge on any atom is -0.497 e. The summed E-state index contributed by atoms with van der Waals surface area (Å²) in [4.78, 5) is 23.4. The Morgan fingerprint density at radius 1 is 1.09 bits per heavy atom. The van der Waals surface area contributed by atoms with E-state index in [9.17, 15) is 23.3 Å². The molecular formula is C24H23N3O6S. The lowest BCUT2D eigenvalue weighted by atomic mass is 10.0. The molecule has 0 aliphatic carbocycles. The summed E-state index contributed by atoms with van der Waals surface area (Å²) < 4.78 is 33.0. The van der Waals surface area contributed by atoms with E-state index in [1.54, 1.807) is 37.3 Å². The van der Waals surface area contributed by atoms with Gasteiger partial charge < -0.3 is 10.1 Å². The summed E-state index contributed by atoms with van der Waals surface area (Å²) >= 11 is 0. The van der Waals surface area contributed by atoms with Crippen molar-refractivity contribution in [3.8, 4) is 5.75 Å². The van der Waals surface area contributed by atoms with Gasteiger partial charge in [-0.1, -0.05) is 0 Å². The summed E-state index contributed by atoms with van der Waals surface area (Å²) in [5.74, 6) is 0.165. The number of sulfonamides is 1. The average Bonchev–Trinajstić information content (AvgIpc) is 2.83. The van der Waals surface area contributed by atoms with Crippen LogP contribution in [0, 0.1) is 17.0 Å². The molecule has 0 saturated heterocycles. The number of aryl methyl sites for hydroxylation is 2. The second-order valence-corrected chi connectivity index (χ2v) is 9.77. The molecule has 4 rings (SSSR count). The number of ether oxygens (including phenoxy) is 1. The highest BCUT2D eigenvalue weighted by molar-refractivity contribution is 7.92. The second-order valence-electron chi connectivity index (χ2n) is 7.91. The Balaban J connectivity index is 1.57. The number of nitro groups is 1. The number of hydrogen-bond donors (Lipinski definition) is 1. The first-order valence-electron chi connectivity index (χ1n) is 10.6. The minimum atomic E-state index is -3.76. The molecule has 1 aliphatic rings. The summed E-state index contributed by atoms with van der Waals surface area (Å²) in [6.07, 6.45) is 1.31. The van der Waals surface area contributed by atoms with Gasteiger partial charge in [0.25, 0.3) is 21.6 Å². The van der Waals surface area contributed by atoms with Gasteiger partial charge in [-0.05, 0) is 79.9 Å². The van der Waals surface area contributed by atoms with E-state index in [2.05, 4.69) is 5.32 Å². The van der Waals surface area contributed by atoms with Gasteiger partial charge in [0.1, 0.15) is 5.75 Å². The minimum absolute atomic E-state index is 0.0523. The summed E-state index contributed by atoms with van der Waals surface area (Å²) in [5.41, 5.74) is 2.53. The maximum absolute atomic E-state index is 13.3. The fourth-order valence-corrected chi connectivity index (χ4v) is 5.51. The van der Waals surface area contributed by atoms with Crippen LogP contribution in [0.3, 0.4) is 0 Å². The first-order valence-corrected chi connectivity index (χ1v) is 12.0. The number of amides is 1. The number of hydrogen-bond acceptors (Lipinski definition) is 6. The molecule has 1 amide bonds. The van der Waals surface area contributed by atoms with Crippen LogP contribution in [0.2, 0.25) is 0 Å². The molecule has 9 nitrogen and oxygen atoms in total. The van der Waals surface area contributed by atoms with Crippen molar-refractivity contribution < 1.29 is 22.9 Å². The van der Waals surface area contributed by atoms with E-state index in [1.165, 1.54) is 41.7 Å². The normalized spacial score (nSPS) is 13.2. The topological polar surface area (TPSA) is 119 Å². The van der Waals surface area contributed by atoms with E-state index >= 15 is 0 Å². The monoisotopic (exact) mass is 481 g/mol. The Morgan fingerprint density at radius 3 is 2.47 bits per heavy atom.